The van der Waals surface area contributed by atoms with Crippen LogP contribution in [0.25, 0.3) is 0 Å². The van der Waals surface area contributed by atoms with Crippen LogP contribution in [0.2, 0.25) is 11.6 Å². The third kappa shape index (κ3) is 3.95. The molecule has 0 aliphatic carbocycles. The van der Waals surface area contributed by atoms with Crippen molar-refractivity contribution in [1.29, 1.82) is 0 Å². The van der Waals surface area contributed by atoms with Gasteiger partial charge in [0, 0.05) is 13.3 Å². The van der Waals surface area contributed by atoms with Crippen molar-refractivity contribution >= 4 is 8.07 Å². The molecule has 0 aliphatic rings. The van der Waals surface area contributed by atoms with E-state index < -0.39 is 13.3 Å². The van der Waals surface area contributed by atoms with Crippen molar-refractivity contribution in [2.45, 2.75) is 44.5 Å². The average molecular weight is 311 g/mol. The lowest BCUT2D eigenvalue weighted by Crippen LogP contribution is -2.61. The zero-order chi connectivity index (χ0) is 16.1. The predicted molar refractivity (Wildman–Crippen MR) is 90.0 cm³/mol. The van der Waals surface area contributed by atoms with Gasteiger partial charge in [-0.25, -0.2) is 0 Å². The van der Waals surface area contributed by atoms with Gasteiger partial charge in [-0.1, -0.05) is 57.7 Å². The van der Waals surface area contributed by atoms with E-state index >= 15 is 0 Å². The van der Waals surface area contributed by atoms with Gasteiger partial charge in [-0.2, -0.15) is 0 Å². The van der Waals surface area contributed by atoms with Crippen LogP contribution in [0.4, 0.5) is 0 Å². The lowest BCUT2D eigenvalue weighted by Gasteiger charge is -2.49. The monoisotopic (exact) mass is 310 g/mol. The number of hydrogen-bond acceptors (Lipinski definition) is 3. The number of methoxy groups -OCH3 is 1. The number of aliphatic hydroxyl groups is 1. The Bertz CT molecular complexity index is 425. The highest BCUT2D eigenvalue weighted by Crippen LogP contribution is 2.47. The van der Waals surface area contributed by atoms with Crippen LogP contribution in [0.1, 0.15) is 33.3 Å². The minimum atomic E-state index is -2.19. The summed E-state index contributed by atoms with van der Waals surface area (Å²) in [5.41, 5.74) is 0.976. The second kappa shape index (κ2) is 7.05. The Morgan fingerprint density at radius 1 is 1.05 bits per heavy atom. The smallest absolute Gasteiger partial charge is 0.127 e. The molecule has 1 aromatic carbocycles. The molecule has 0 amide bonds. The molecular formula is C17H30O3Si. The summed E-state index contributed by atoms with van der Waals surface area (Å²) in [4.78, 5) is 0. The first-order chi connectivity index (χ1) is 9.67. The Labute approximate surface area is 130 Å². The Balaban J connectivity index is 3.06. The minimum Gasteiger partial charge on any atom is -0.389 e. The standard InChI is InChI=1S/C17H30O3Si/c1-16(2,3)21(6,14-20-13-12-19-5)17(4,18)15-10-8-7-9-11-15/h7-11,18H,12-14H2,1-6H3. The Morgan fingerprint density at radius 2 is 1.62 bits per heavy atom. The quantitative estimate of drug-likeness (QED) is 0.618. The van der Waals surface area contributed by atoms with E-state index in [0.717, 1.165) is 5.56 Å². The van der Waals surface area contributed by atoms with Crippen molar-refractivity contribution < 1.29 is 14.6 Å². The van der Waals surface area contributed by atoms with Crippen molar-refractivity contribution in [2.75, 3.05) is 26.6 Å². The van der Waals surface area contributed by atoms with E-state index in [0.29, 0.717) is 19.4 Å². The second-order valence-corrected chi connectivity index (χ2v) is 12.5. The Morgan fingerprint density at radius 3 is 2.10 bits per heavy atom. The largest absolute Gasteiger partial charge is 0.389 e. The summed E-state index contributed by atoms with van der Waals surface area (Å²) >= 11 is 0. The summed E-state index contributed by atoms with van der Waals surface area (Å²) in [6, 6.07) is 9.95. The molecule has 0 spiro atoms. The lowest BCUT2D eigenvalue weighted by atomic mass is 10.1. The summed E-state index contributed by atoms with van der Waals surface area (Å²) in [6.07, 6.45) is 0.613. The normalized spacial score (nSPS) is 18.0. The van der Waals surface area contributed by atoms with E-state index in [4.69, 9.17) is 9.47 Å². The van der Waals surface area contributed by atoms with Gasteiger partial charge in [-0.3, -0.25) is 0 Å². The fraction of sp³-hybridized carbons (Fsp3) is 0.647. The number of ether oxygens (including phenoxy) is 2. The zero-order valence-corrected chi connectivity index (χ0v) is 15.3. The van der Waals surface area contributed by atoms with Crippen molar-refractivity contribution in [3.8, 4) is 0 Å². The van der Waals surface area contributed by atoms with E-state index in [1.165, 1.54) is 0 Å². The molecule has 0 fully saturated rings. The molecule has 3 nitrogen and oxygen atoms in total. The van der Waals surface area contributed by atoms with Gasteiger partial charge >= 0.3 is 0 Å². The highest BCUT2D eigenvalue weighted by atomic mass is 28.3. The van der Waals surface area contributed by atoms with Gasteiger partial charge in [-0.05, 0) is 17.5 Å². The van der Waals surface area contributed by atoms with Crippen molar-refractivity contribution in [3.05, 3.63) is 35.9 Å². The van der Waals surface area contributed by atoms with Crippen LogP contribution < -0.4 is 0 Å². The van der Waals surface area contributed by atoms with Gasteiger partial charge in [0.05, 0.1) is 18.4 Å². The fourth-order valence-corrected chi connectivity index (χ4v) is 6.12. The molecule has 1 N–H and O–H groups in total. The van der Waals surface area contributed by atoms with Crippen molar-refractivity contribution in [3.63, 3.8) is 0 Å². The maximum atomic E-state index is 11.3. The third-order valence-corrected chi connectivity index (χ3v) is 11.4. The predicted octanol–water partition coefficient (Wildman–Crippen LogP) is 3.51. The molecule has 21 heavy (non-hydrogen) atoms. The molecule has 2 unspecified atom stereocenters. The first-order valence-electron chi connectivity index (χ1n) is 7.51. The molecule has 0 saturated carbocycles. The summed E-state index contributed by atoms with van der Waals surface area (Å²) in [7, 11) is -0.521. The highest BCUT2D eigenvalue weighted by molar-refractivity contribution is 6.83. The van der Waals surface area contributed by atoms with Gasteiger partial charge in [0.25, 0.3) is 0 Å². The van der Waals surface area contributed by atoms with Crippen molar-refractivity contribution in [1.82, 2.24) is 0 Å². The number of benzene rings is 1. The summed E-state index contributed by atoms with van der Waals surface area (Å²) in [6.45, 7) is 11.9. The first kappa shape index (κ1) is 18.4. The molecule has 120 valence electrons. The van der Waals surface area contributed by atoms with Gasteiger partial charge in [0.1, 0.15) is 8.07 Å². The topological polar surface area (TPSA) is 38.7 Å². The van der Waals surface area contributed by atoms with E-state index in [2.05, 4.69) is 27.3 Å². The summed E-state index contributed by atoms with van der Waals surface area (Å²) in [5.74, 6) is 0. The molecule has 0 saturated heterocycles. The van der Waals surface area contributed by atoms with E-state index in [1.807, 2.05) is 37.3 Å². The molecular weight excluding hydrogens is 280 g/mol. The molecule has 0 heterocycles. The van der Waals surface area contributed by atoms with Crippen LogP contribution in [0.15, 0.2) is 30.3 Å². The lowest BCUT2D eigenvalue weighted by molar-refractivity contribution is 0.0747. The Hall–Kier alpha value is -0.683. The second-order valence-electron chi connectivity index (χ2n) is 7.07. The van der Waals surface area contributed by atoms with Crippen LogP contribution in [-0.4, -0.2) is 39.7 Å². The average Bonchev–Trinajstić information content (AvgIpc) is 2.43. The molecule has 4 heteroatoms. The van der Waals surface area contributed by atoms with Gasteiger partial charge < -0.3 is 14.6 Å². The summed E-state index contributed by atoms with van der Waals surface area (Å²) < 4.78 is 10.9. The first-order valence-corrected chi connectivity index (χ1v) is 10.2. The number of hydrogen-bond donors (Lipinski definition) is 1. The Kier molecular flexibility index (Phi) is 6.17. The SMILES string of the molecule is COCCOC[Si](C)(C(C)(C)C)C(C)(O)c1ccccc1. The van der Waals surface area contributed by atoms with Crippen LogP contribution in [-0.2, 0) is 14.7 Å². The van der Waals surface area contributed by atoms with Crippen LogP contribution >= 0.6 is 0 Å². The molecule has 0 radical (unpaired) electrons. The van der Waals surface area contributed by atoms with Gasteiger partial charge in [0.15, 0.2) is 0 Å². The summed E-state index contributed by atoms with van der Waals surface area (Å²) in [5, 5.41) is 10.5. The van der Waals surface area contributed by atoms with E-state index in [-0.39, 0.29) is 5.04 Å². The maximum Gasteiger partial charge on any atom is 0.127 e. The zero-order valence-electron chi connectivity index (χ0n) is 14.3. The van der Waals surface area contributed by atoms with Crippen molar-refractivity contribution in [2.24, 2.45) is 0 Å². The highest BCUT2D eigenvalue weighted by Gasteiger charge is 2.54. The third-order valence-electron chi connectivity index (χ3n) is 4.89. The number of rotatable bonds is 7. The van der Waals surface area contributed by atoms with E-state index in [9.17, 15) is 5.11 Å². The maximum absolute atomic E-state index is 11.3. The molecule has 1 rings (SSSR count). The molecule has 0 bridgehead atoms. The van der Waals surface area contributed by atoms with Gasteiger partial charge in [0.2, 0.25) is 0 Å². The van der Waals surface area contributed by atoms with Crippen LogP contribution in [0.3, 0.4) is 0 Å². The van der Waals surface area contributed by atoms with E-state index in [1.54, 1.807) is 7.11 Å². The fourth-order valence-electron chi connectivity index (χ4n) is 2.59. The minimum absolute atomic E-state index is 0.0133. The molecule has 0 aliphatic heterocycles. The van der Waals surface area contributed by atoms with Crippen LogP contribution in [0, 0.1) is 0 Å². The van der Waals surface area contributed by atoms with Gasteiger partial charge in [-0.15, -0.1) is 0 Å². The molecule has 2 atom stereocenters. The van der Waals surface area contributed by atoms with Crippen LogP contribution in [0.5, 0.6) is 0 Å². The molecule has 1 aromatic rings. The molecule has 0 aromatic heterocycles.